The zero-order chi connectivity index (χ0) is 23.8. The number of fused-ring (bicyclic) bond motifs is 1. The highest BCUT2D eigenvalue weighted by molar-refractivity contribution is 7.85. The van der Waals surface area contributed by atoms with Gasteiger partial charge in [-0.1, -0.05) is 38.5 Å². The zero-order valence-corrected chi connectivity index (χ0v) is 19.3. The molecule has 0 aliphatic carbocycles. The van der Waals surface area contributed by atoms with Gasteiger partial charge in [-0.05, 0) is 12.8 Å². The van der Waals surface area contributed by atoms with Crippen LogP contribution in [0.5, 0.6) is 0 Å². The van der Waals surface area contributed by atoms with Crippen molar-refractivity contribution in [3.8, 4) is 0 Å². The Balaban J connectivity index is 1.40. The van der Waals surface area contributed by atoms with Crippen molar-refractivity contribution in [1.82, 2.24) is 19.5 Å². The molecule has 0 aromatic carbocycles. The molecule has 0 radical (unpaired) electrons. The average molecular weight is 488 g/mol. The maximum Gasteiger partial charge on any atom is 0.264 e. The smallest absolute Gasteiger partial charge is 0.264 e. The SMILES string of the molecule is O=S(=O)(O)CCCCCCCCCCNc1ncnc2c1ncn2C1OC(CO)C(O)C1O. The Hall–Kier alpha value is -1.90. The van der Waals surface area contributed by atoms with Crippen molar-refractivity contribution in [2.75, 3.05) is 24.2 Å². The van der Waals surface area contributed by atoms with Gasteiger partial charge < -0.3 is 25.4 Å². The van der Waals surface area contributed by atoms with Crippen LogP contribution in [0.3, 0.4) is 0 Å². The molecule has 0 saturated carbocycles. The van der Waals surface area contributed by atoms with Gasteiger partial charge in [-0.25, -0.2) is 15.0 Å². The molecule has 3 heterocycles. The first-order valence-electron chi connectivity index (χ1n) is 11.3. The predicted octanol–water partition coefficient (Wildman–Crippen LogP) is 0.858. The number of anilines is 1. The van der Waals surface area contributed by atoms with Crippen LogP contribution in [0.15, 0.2) is 12.7 Å². The van der Waals surface area contributed by atoms with Crippen LogP contribution in [-0.2, 0) is 14.9 Å². The van der Waals surface area contributed by atoms with Gasteiger partial charge in [0.2, 0.25) is 0 Å². The highest BCUT2D eigenvalue weighted by Gasteiger charge is 2.44. The summed E-state index contributed by atoms with van der Waals surface area (Å²) in [6, 6.07) is 0. The van der Waals surface area contributed by atoms with Gasteiger partial charge in [0.05, 0.1) is 18.7 Å². The molecular weight excluding hydrogens is 454 g/mol. The molecule has 1 aliphatic rings. The summed E-state index contributed by atoms with van der Waals surface area (Å²) in [6.07, 6.45) is 6.14. The van der Waals surface area contributed by atoms with E-state index in [0.717, 1.165) is 44.9 Å². The third-order valence-electron chi connectivity index (χ3n) is 5.77. The molecule has 1 saturated heterocycles. The van der Waals surface area contributed by atoms with Crippen LogP contribution in [-0.4, -0.2) is 85.0 Å². The van der Waals surface area contributed by atoms with E-state index in [1.807, 2.05) is 0 Å². The van der Waals surface area contributed by atoms with E-state index in [9.17, 15) is 23.7 Å². The second kappa shape index (κ2) is 12.0. The van der Waals surface area contributed by atoms with E-state index in [0.29, 0.717) is 29.9 Å². The first-order chi connectivity index (χ1) is 15.8. The Bertz CT molecular complexity index is 986. The fraction of sp³-hybridized carbons (Fsp3) is 0.750. The largest absolute Gasteiger partial charge is 0.394 e. The van der Waals surface area contributed by atoms with Crippen molar-refractivity contribution in [2.45, 2.75) is 75.9 Å². The van der Waals surface area contributed by atoms with Gasteiger partial charge in [-0.2, -0.15) is 8.42 Å². The summed E-state index contributed by atoms with van der Waals surface area (Å²) >= 11 is 0. The quantitative estimate of drug-likeness (QED) is 0.188. The van der Waals surface area contributed by atoms with Crippen molar-refractivity contribution >= 4 is 27.1 Å². The van der Waals surface area contributed by atoms with Crippen LogP contribution in [0.25, 0.3) is 11.2 Å². The lowest BCUT2D eigenvalue weighted by atomic mass is 10.1. The summed E-state index contributed by atoms with van der Waals surface area (Å²) in [5.74, 6) is 0.413. The Morgan fingerprint density at radius 3 is 2.27 bits per heavy atom. The molecule has 2 aromatic heterocycles. The number of hydrogen-bond acceptors (Lipinski definition) is 10. The molecule has 4 unspecified atom stereocenters. The number of nitrogens with one attached hydrogen (secondary N) is 1. The molecule has 1 aliphatic heterocycles. The lowest BCUT2D eigenvalue weighted by molar-refractivity contribution is -0.0511. The van der Waals surface area contributed by atoms with Crippen LogP contribution in [0.1, 0.15) is 57.6 Å². The second-order valence-electron chi connectivity index (χ2n) is 8.32. The molecule has 33 heavy (non-hydrogen) atoms. The summed E-state index contributed by atoms with van der Waals surface area (Å²) < 4.78 is 37.1. The maximum absolute atomic E-state index is 10.7. The van der Waals surface area contributed by atoms with Gasteiger partial charge in [-0.15, -0.1) is 0 Å². The topological polar surface area (TPSA) is 180 Å². The first-order valence-corrected chi connectivity index (χ1v) is 12.9. The predicted molar refractivity (Wildman–Crippen MR) is 120 cm³/mol. The van der Waals surface area contributed by atoms with Gasteiger partial charge >= 0.3 is 0 Å². The second-order valence-corrected chi connectivity index (χ2v) is 9.89. The monoisotopic (exact) mass is 487 g/mol. The Morgan fingerprint density at radius 2 is 1.64 bits per heavy atom. The van der Waals surface area contributed by atoms with Crippen LogP contribution >= 0.6 is 0 Å². The molecule has 0 spiro atoms. The molecule has 1 fully saturated rings. The Kier molecular flexibility index (Phi) is 9.35. The van der Waals surface area contributed by atoms with E-state index < -0.39 is 41.3 Å². The fourth-order valence-corrected chi connectivity index (χ4v) is 4.52. The van der Waals surface area contributed by atoms with E-state index in [-0.39, 0.29) is 5.75 Å². The number of rotatable bonds is 14. The molecule has 0 amide bonds. The number of unbranched alkanes of at least 4 members (excludes halogenated alkanes) is 7. The number of aromatic nitrogens is 4. The number of aliphatic hydroxyl groups is 3. The number of hydrogen-bond donors (Lipinski definition) is 5. The summed E-state index contributed by atoms with van der Waals surface area (Å²) in [5, 5.41) is 32.8. The molecule has 186 valence electrons. The summed E-state index contributed by atoms with van der Waals surface area (Å²) in [7, 11) is -3.84. The van der Waals surface area contributed by atoms with Gasteiger partial charge in [0.1, 0.15) is 24.6 Å². The van der Waals surface area contributed by atoms with Crippen molar-refractivity contribution in [2.24, 2.45) is 0 Å². The Morgan fingerprint density at radius 1 is 0.970 bits per heavy atom. The summed E-state index contributed by atoms with van der Waals surface area (Å²) in [6.45, 7) is 0.304. The average Bonchev–Trinajstić information content (AvgIpc) is 3.32. The fourth-order valence-electron chi connectivity index (χ4n) is 3.95. The van der Waals surface area contributed by atoms with Crippen molar-refractivity contribution in [3.05, 3.63) is 12.7 Å². The molecule has 0 bridgehead atoms. The highest BCUT2D eigenvalue weighted by atomic mass is 32.2. The van der Waals surface area contributed by atoms with Crippen LogP contribution in [0.2, 0.25) is 0 Å². The molecule has 2 aromatic rings. The standard InChI is InChI=1S/C20H33N5O7S/c26-11-14-16(27)17(28)20(32-14)25-13-24-15-18(22-12-23-19(15)25)21-9-7-5-3-1-2-4-6-8-10-33(29,30)31/h12-14,16-17,20,26-28H,1-11H2,(H,21,22,23)(H,29,30,31). The van der Waals surface area contributed by atoms with E-state index in [1.54, 1.807) is 0 Å². The van der Waals surface area contributed by atoms with Gasteiger partial charge in [-0.3, -0.25) is 9.12 Å². The van der Waals surface area contributed by atoms with Gasteiger partial charge in [0.25, 0.3) is 10.1 Å². The first kappa shape index (κ1) is 25.7. The van der Waals surface area contributed by atoms with E-state index in [1.165, 1.54) is 17.2 Å². The highest BCUT2D eigenvalue weighted by Crippen LogP contribution is 2.32. The number of aliphatic hydroxyl groups excluding tert-OH is 3. The maximum atomic E-state index is 10.7. The van der Waals surface area contributed by atoms with Crippen LogP contribution < -0.4 is 5.32 Å². The Labute approximate surface area is 192 Å². The van der Waals surface area contributed by atoms with E-state index >= 15 is 0 Å². The van der Waals surface area contributed by atoms with E-state index in [2.05, 4.69) is 20.3 Å². The lowest BCUT2D eigenvalue weighted by Gasteiger charge is -2.16. The molecule has 13 heteroatoms. The molecular formula is C20H33N5O7S. The summed E-state index contributed by atoms with van der Waals surface area (Å²) in [4.78, 5) is 12.8. The summed E-state index contributed by atoms with van der Waals surface area (Å²) in [5.41, 5.74) is 0.983. The molecule has 3 rings (SSSR count). The van der Waals surface area contributed by atoms with Crippen molar-refractivity contribution < 1.29 is 33.0 Å². The third-order valence-corrected chi connectivity index (χ3v) is 6.58. The van der Waals surface area contributed by atoms with Crippen molar-refractivity contribution in [3.63, 3.8) is 0 Å². The van der Waals surface area contributed by atoms with Crippen molar-refractivity contribution in [1.29, 1.82) is 0 Å². The third kappa shape index (κ3) is 7.04. The minimum atomic E-state index is -3.84. The van der Waals surface area contributed by atoms with Crippen LogP contribution in [0, 0.1) is 0 Å². The van der Waals surface area contributed by atoms with E-state index in [4.69, 9.17) is 9.29 Å². The number of imidazole rings is 1. The lowest BCUT2D eigenvalue weighted by Crippen LogP contribution is -2.33. The normalized spacial score (nSPS) is 23.4. The number of nitrogens with zero attached hydrogens (tertiary/aromatic N) is 4. The molecule has 4 atom stereocenters. The molecule has 5 N–H and O–H groups in total. The number of ether oxygens (including phenoxy) is 1. The minimum Gasteiger partial charge on any atom is -0.394 e. The molecule has 12 nitrogen and oxygen atoms in total. The van der Waals surface area contributed by atoms with Crippen LogP contribution in [0.4, 0.5) is 5.82 Å². The van der Waals surface area contributed by atoms with Gasteiger partial charge in [0, 0.05) is 6.54 Å². The zero-order valence-electron chi connectivity index (χ0n) is 18.5. The van der Waals surface area contributed by atoms with Gasteiger partial charge in [0.15, 0.2) is 23.2 Å². The minimum absolute atomic E-state index is 0.160.